The molecule has 1 heterocycles. The van der Waals surface area contributed by atoms with Gasteiger partial charge < -0.3 is 0 Å². The summed E-state index contributed by atoms with van der Waals surface area (Å²) in [6, 6.07) is 18.2. The molecule has 0 radical (unpaired) electrons. The quantitative estimate of drug-likeness (QED) is 0.703. The molecule has 108 valence electrons. The van der Waals surface area contributed by atoms with E-state index in [0.717, 1.165) is 16.9 Å². The van der Waals surface area contributed by atoms with Gasteiger partial charge in [0.2, 0.25) is 0 Å². The number of nitrogens with zero attached hydrogens (tertiary/aromatic N) is 3. The van der Waals surface area contributed by atoms with Gasteiger partial charge in [0.25, 0.3) is 0 Å². The number of aryl methyl sites for hydroxylation is 3. The van der Waals surface area contributed by atoms with E-state index in [4.69, 9.17) is 0 Å². The lowest BCUT2D eigenvalue weighted by atomic mass is 9.97. The Balaban J connectivity index is 2.29. The van der Waals surface area contributed by atoms with Gasteiger partial charge in [-0.15, -0.1) is 0 Å². The van der Waals surface area contributed by atoms with Crippen LogP contribution in [0.5, 0.6) is 0 Å². The zero-order valence-electron chi connectivity index (χ0n) is 13.0. The Bertz CT molecular complexity index is 844. The third kappa shape index (κ3) is 2.40. The SMILES string of the molecule is Cc1cc(C)c(-c2cc(C#N)nn2-c2ccccc2)c(C)c1. The summed E-state index contributed by atoms with van der Waals surface area (Å²) in [6.45, 7) is 6.30. The molecule has 2 aromatic carbocycles. The summed E-state index contributed by atoms with van der Waals surface area (Å²) in [5.41, 5.74) is 7.11. The van der Waals surface area contributed by atoms with Crippen molar-refractivity contribution in [3.63, 3.8) is 0 Å². The van der Waals surface area contributed by atoms with Crippen LogP contribution in [0.1, 0.15) is 22.4 Å². The molecular formula is C19H17N3. The molecule has 0 atom stereocenters. The Morgan fingerprint density at radius 1 is 0.955 bits per heavy atom. The topological polar surface area (TPSA) is 41.6 Å². The van der Waals surface area contributed by atoms with E-state index in [1.165, 1.54) is 16.7 Å². The molecule has 0 aliphatic carbocycles. The average Bonchev–Trinajstić information content (AvgIpc) is 2.91. The van der Waals surface area contributed by atoms with Crippen LogP contribution in [-0.2, 0) is 0 Å². The molecule has 0 bridgehead atoms. The van der Waals surface area contributed by atoms with Crippen LogP contribution in [0.4, 0.5) is 0 Å². The summed E-state index contributed by atoms with van der Waals surface area (Å²) in [6.07, 6.45) is 0. The summed E-state index contributed by atoms with van der Waals surface area (Å²) in [5.74, 6) is 0. The summed E-state index contributed by atoms with van der Waals surface area (Å²) in [5, 5.41) is 13.7. The molecule has 3 rings (SSSR count). The van der Waals surface area contributed by atoms with Gasteiger partial charge in [-0.2, -0.15) is 10.4 Å². The van der Waals surface area contributed by atoms with Gasteiger partial charge in [0.1, 0.15) is 6.07 Å². The van der Waals surface area contributed by atoms with Gasteiger partial charge in [0.15, 0.2) is 5.69 Å². The molecule has 0 N–H and O–H groups in total. The van der Waals surface area contributed by atoms with Gasteiger partial charge in [0.05, 0.1) is 11.4 Å². The largest absolute Gasteiger partial charge is 0.232 e. The molecule has 0 saturated carbocycles. The third-order valence-electron chi connectivity index (χ3n) is 3.76. The highest BCUT2D eigenvalue weighted by Gasteiger charge is 2.15. The van der Waals surface area contributed by atoms with Gasteiger partial charge in [-0.1, -0.05) is 35.9 Å². The maximum atomic E-state index is 9.23. The fourth-order valence-electron chi connectivity index (χ4n) is 2.96. The molecule has 3 nitrogen and oxygen atoms in total. The predicted octanol–water partition coefficient (Wildman–Crippen LogP) is 4.34. The van der Waals surface area contributed by atoms with Crippen molar-refractivity contribution in [1.82, 2.24) is 9.78 Å². The molecule has 22 heavy (non-hydrogen) atoms. The second kappa shape index (κ2) is 5.50. The molecule has 0 aliphatic heterocycles. The van der Waals surface area contributed by atoms with Crippen LogP contribution in [0.3, 0.4) is 0 Å². The molecule has 0 aliphatic rings. The summed E-state index contributed by atoms with van der Waals surface area (Å²) < 4.78 is 1.85. The van der Waals surface area contributed by atoms with Gasteiger partial charge in [-0.25, -0.2) is 4.68 Å². The van der Waals surface area contributed by atoms with Gasteiger partial charge in [-0.05, 0) is 44.0 Å². The van der Waals surface area contributed by atoms with Crippen molar-refractivity contribution in [3.05, 3.63) is 70.9 Å². The third-order valence-corrected chi connectivity index (χ3v) is 3.76. The van der Waals surface area contributed by atoms with Crippen molar-refractivity contribution in [2.45, 2.75) is 20.8 Å². The molecule has 0 saturated heterocycles. The van der Waals surface area contributed by atoms with Crippen LogP contribution in [0.15, 0.2) is 48.5 Å². The van der Waals surface area contributed by atoms with E-state index in [9.17, 15) is 5.26 Å². The van der Waals surface area contributed by atoms with Crippen molar-refractivity contribution in [2.24, 2.45) is 0 Å². The number of hydrogen-bond donors (Lipinski definition) is 0. The number of para-hydroxylation sites is 1. The lowest BCUT2D eigenvalue weighted by Crippen LogP contribution is -2.01. The molecule has 3 aromatic rings. The molecule has 1 aromatic heterocycles. The van der Waals surface area contributed by atoms with Crippen LogP contribution in [0.2, 0.25) is 0 Å². The number of nitriles is 1. The predicted molar refractivity (Wildman–Crippen MR) is 87.9 cm³/mol. The van der Waals surface area contributed by atoms with Crippen molar-refractivity contribution in [1.29, 1.82) is 5.26 Å². The van der Waals surface area contributed by atoms with Crippen molar-refractivity contribution in [2.75, 3.05) is 0 Å². The minimum absolute atomic E-state index is 0.429. The summed E-state index contributed by atoms with van der Waals surface area (Å²) in [4.78, 5) is 0. The molecule has 0 amide bonds. The maximum Gasteiger partial charge on any atom is 0.163 e. The van der Waals surface area contributed by atoms with Crippen molar-refractivity contribution >= 4 is 0 Å². The zero-order valence-corrected chi connectivity index (χ0v) is 13.0. The maximum absolute atomic E-state index is 9.23. The second-order valence-electron chi connectivity index (χ2n) is 5.55. The lowest BCUT2D eigenvalue weighted by molar-refractivity contribution is 0.878. The Labute approximate surface area is 130 Å². The van der Waals surface area contributed by atoms with Crippen LogP contribution in [-0.4, -0.2) is 9.78 Å². The highest BCUT2D eigenvalue weighted by molar-refractivity contribution is 5.71. The molecular weight excluding hydrogens is 270 g/mol. The minimum atomic E-state index is 0.429. The first-order chi connectivity index (χ1) is 10.6. The fraction of sp³-hybridized carbons (Fsp3) is 0.158. The van der Waals surface area contributed by atoms with Crippen LogP contribution < -0.4 is 0 Å². The van der Waals surface area contributed by atoms with E-state index in [-0.39, 0.29) is 0 Å². The second-order valence-corrected chi connectivity index (χ2v) is 5.55. The summed E-state index contributed by atoms with van der Waals surface area (Å²) >= 11 is 0. The van der Waals surface area contributed by atoms with Crippen molar-refractivity contribution < 1.29 is 0 Å². The standard InChI is InChI=1S/C19H17N3/c1-13-9-14(2)19(15(3)10-13)18-11-16(12-20)21-22(18)17-7-5-4-6-8-17/h4-11H,1-3H3. The minimum Gasteiger partial charge on any atom is -0.232 e. The first kappa shape index (κ1) is 14.1. The Morgan fingerprint density at radius 3 is 2.18 bits per heavy atom. The zero-order chi connectivity index (χ0) is 15.7. The molecule has 0 unspecified atom stereocenters. The Morgan fingerprint density at radius 2 is 1.59 bits per heavy atom. The first-order valence-corrected chi connectivity index (χ1v) is 7.24. The Kier molecular flexibility index (Phi) is 3.52. The number of rotatable bonds is 2. The molecule has 3 heteroatoms. The van der Waals surface area contributed by atoms with E-state index in [0.29, 0.717) is 5.69 Å². The summed E-state index contributed by atoms with van der Waals surface area (Å²) in [7, 11) is 0. The monoisotopic (exact) mass is 287 g/mol. The molecule has 0 fully saturated rings. The first-order valence-electron chi connectivity index (χ1n) is 7.24. The van der Waals surface area contributed by atoms with Crippen LogP contribution in [0.25, 0.3) is 16.9 Å². The fourth-order valence-corrected chi connectivity index (χ4v) is 2.96. The number of hydrogen-bond acceptors (Lipinski definition) is 2. The van der Waals surface area contributed by atoms with Crippen molar-refractivity contribution in [3.8, 4) is 23.0 Å². The number of benzene rings is 2. The highest BCUT2D eigenvalue weighted by Crippen LogP contribution is 2.30. The van der Waals surface area contributed by atoms with Gasteiger partial charge in [-0.3, -0.25) is 0 Å². The van der Waals surface area contributed by atoms with Crippen LogP contribution in [0, 0.1) is 32.1 Å². The average molecular weight is 287 g/mol. The number of aromatic nitrogens is 2. The normalized spacial score (nSPS) is 10.5. The highest BCUT2D eigenvalue weighted by atomic mass is 15.3. The van der Waals surface area contributed by atoms with E-state index >= 15 is 0 Å². The lowest BCUT2D eigenvalue weighted by Gasteiger charge is -2.13. The van der Waals surface area contributed by atoms with E-state index in [1.54, 1.807) is 0 Å². The smallest absolute Gasteiger partial charge is 0.163 e. The van der Waals surface area contributed by atoms with E-state index in [1.807, 2.05) is 41.1 Å². The van der Waals surface area contributed by atoms with Gasteiger partial charge >= 0.3 is 0 Å². The van der Waals surface area contributed by atoms with Crippen LogP contribution >= 0.6 is 0 Å². The van der Waals surface area contributed by atoms with E-state index < -0.39 is 0 Å². The Hall–Kier alpha value is -2.86. The van der Waals surface area contributed by atoms with E-state index in [2.05, 4.69) is 44.1 Å². The van der Waals surface area contributed by atoms with Gasteiger partial charge in [0, 0.05) is 11.6 Å². The molecule has 0 spiro atoms.